The topological polar surface area (TPSA) is 95.8 Å². The van der Waals surface area contributed by atoms with Gasteiger partial charge in [0.25, 0.3) is 5.90 Å². The molecule has 0 fully saturated rings. The fourth-order valence-electron chi connectivity index (χ4n) is 1.12. The molecule has 17 heavy (non-hydrogen) atoms. The van der Waals surface area contributed by atoms with Crippen LogP contribution < -0.4 is 11.2 Å². The van der Waals surface area contributed by atoms with Gasteiger partial charge in [-0.25, -0.2) is 8.78 Å². The Morgan fingerprint density at radius 1 is 1.35 bits per heavy atom. The minimum absolute atomic E-state index is 0.118. The van der Waals surface area contributed by atoms with Crippen molar-refractivity contribution in [3.63, 3.8) is 0 Å². The first-order chi connectivity index (χ1) is 8.09. The van der Waals surface area contributed by atoms with Gasteiger partial charge in [-0.05, 0) is 12.1 Å². The number of nitrogens with two attached hydrogens (primary N) is 1. The standard InChI is InChI=1S/C9H7F2N5O/c10-4-2-1-3-5(11)6(4)14-15-7-8(12)16-17-9(7)13/h1-3,13-14H,(H2,12,16)/b13-9?,15-7-. The molecule has 2 rings (SSSR count). The Morgan fingerprint density at radius 2 is 2.00 bits per heavy atom. The second-order valence-corrected chi connectivity index (χ2v) is 3.07. The molecule has 4 N–H and O–H groups in total. The van der Waals surface area contributed by atoms with Crippen LogP contribution in [0.1, 0.15) is 0 Å². The number of halogens is 2. The highest BCUT2D eigenvalue weighted by Crippen LogP contribution is 2.17. The minimum atomic E-state index is -0.810. The molecule has 0 aromatic heterocycles. The Kier molecular flexibility index (Phi) is 2.69. The molecule has 0 saturated heterocycles. The summed E-state index contributed by atoms with van der Waals surface area (Å²) in [7, 11) is 0. The first-order valence-electron chi connectivity index (χ1n) is 4.47. The molecule has 1 aromatic rings. The van der Waals surface area contributed by atoms with E-state index in [1.54, 1.807) is 0 Å². The highest BCUT2D eigenvalue weighted by molar-refractivity contribution is 6.67. The molecule has 88 valence electrons. The molecular formula is C9H7F2N5O. The van der Waals surface area contributed by atoms with Gasteiger partial charge in [0.1, 0.15) is 5.69 Å². The Hall–Kier alpha value is -2.51. The molecule has 0 unspecified atom stereocenters. The smallest absolute Gasteiger partial charge is 0.273 e. The predicted molar refractivity (Wildman–Crippen MR) is 57.8 cm³/mol. The molecule has 8 heteroatoms. The van der Waals surface area contributed by atoms with Crippen LogP contribution in [0.25, 0.3) is 0 Å². The summed E-state index contributed by atoms with van der Waals surface area (Å²) < 4.78 is 26.4. The van der Waals surface area contributed by atoms with Gasteiger partial charge in [-0.3, -0.25) is 10.8 Å². The van der Waals surface area contributed by atoms with E-state index in [2.05, 4.69) is 20.5 Å². The van der Waals surface area contributed by atoms with Gasteiger partial charge < -0.3 is 10.6 Å². The third kappa shape index (κ3) is 2.05. The lowest BCUT2D eigenvalue weighted by molar-refractivity contribution is 0.340. The highest BCUT2D eigenvalue weighted by atomic mass is 19.1. The number of anilines is 1. The van der Waals surface area contributed by atoms with Gasteiger partial charge in [-0.15, -0.1) is 0 Å². The maximum absolute atomic E-state index is 13.2. The number of benzene rings is 1. The largest absolute Gasteiger partial charge is 0.379 e. The highest BCUT2D eigenvalue weighted by Gasteiger charge is 2.22. The van der Waals surface area contributed by atoms with Crippen molar-refractivity contribution in [3.8, 4) is 0 Å². The third-order valence-corrected chi connectivity index (χ3v) is 1.94. The van der Waals surface area contributed by atoms with Crippen LogP contribution in [0, 0.1) is 17.0 Å². The summed E-state index contributed by atoms with van der Waals surface area (Å²) in [6, 6.07) is 3.36. The monoisotopic (exact) mass is 239 g/mol. The van der Waals surface area contributed by atoms with Crippen LogP contribution in [0.15, 0.2) is 28.5 Å². The minimum Gasteiger partial charge on any atom is -0.379 e. The summed E-state index contributed by atoms with van der Waals surface area (Å²) in [6.45, 7) is 0. The first kappa shape index (κ1) is 11.0. The average Bonchev–Trinajstić information content (AvgIpc) is 2.59. The Labute approximate surface area is 94.3 Å². The van der Waals surface area contributed by atoms with Gasteiger partial charge in [0, 0.05) is 0 Å². The van der Waals surface area contributed by atoms with E-state index in [1.807, 2.05) is 0 Å². The summed E-state index contributed by atoms with van der Waals surface area (Å²) in [6.07, 6.45) is 0. The molecule has 0 spiro atoms. The Balaban J connectivity index is 2.26. The van der Waals surface area contributed by atoms with Crippen molar-refractivity contribution < 1.29 is 13.6 Å². The number of nitrogens with one attached hydrogen (secondary N) is 2. The molecule has 1 heterocycles. The summed E-state index contributed by atoms with van der Waals surface area (Å²) in [5, 5.41) is 14.1. The average molecular weight is 239 g/mol. The van der Waals surface area contributed by atoms with E-state index < -0.39 is 23.2 Å². The summed E-state index contributed by atoms with van der Waals surface area (Å²) in [5.41, 5.74) is 6.92. The molecule has 1 aliphatic rings. The molecule has 0 amide bonds. The van der Waals surface area contributed by atoms with Crippen LogP contribution in [-0.4, -0.2) is 17.4 Å². The second kappa shape index (κ2) is 4.16. The lowest BCUT2D eigenvalue weighted by atomic mass is 10.3. The van der Waals surface area contributed by atoms with Gasteiger partial charge in [0.15, 0.2) is 23.2 Å². The van der Waals surface area contributed by atoms with Crippen LogP contribution >= 0.6 is 0 Å². The lowest BCUT2D eigenvalue weighted by Gasteiger charge is -2.03. The van der Waals surface area contributed by atoms with Crippen LogP contribution in [0.5, 0.6) is 0 Å². The quantitative estimate of drug-likeness (QED) is 0.672. The number of nitrogens with zero attached hydrogens (tertiary/aromatic N) is 2. The third-order valence-electron chi connectivity index (χ3n) is 1.94. The molecule has 0 saturated carbocycles. The zero-order valence-electron chi connectivity index (χ0n) is 8.37. The number of amidine groups is 1. The molecule has 6 nitrogen and oxygen atoms in total. The number of hydrogen-bond acceptors (Lipinski definition) is 6. The van der Waals surface area contributed by atoms with Crippen LogP contribution in [0.3, 0.4) is 0 Å². The van der Waals surface area contributed by atoms with Crippen molar-refractivity contribution >= 4 is 23.1 Å². The van der Waals surface area contributed by atoms with E-state index in [0.717, 1.165) is 12.1 Å². The number of para-hydroxylation sites is 1. The van der Waals surface area contributed by atoms with Gasteiger partial charge in [-0.1, -0.05) is 11.2 Å². The van der Waals surface area contributed by atoms with Gasteiger partial charge in [-0.2, -0.15) is 5.10 Å². The number of oxime groups is 1. The number of rotatable bonds is 2. The summed E-state index contributed by atoms with van der Waals surface area (Å²) in [4.78, 5) is 4.41. The van der Waals surface area contributed by atoms with Crippen molar-refractivity contribution in [2.45, 2.75) is 0 Å². The van der Waals surface area contributed by atoms with E-state index in [0.29, 0.717) is 0 Å². The molecule has 0 radical (unpaired) electrons. The maximum atomic E-state index is 13.2. The van der Waals surface area contributed by atoms with Crippen LogP contribution in [-0.2, 0) is 4.84 Å². The zero-order valence-corrected chi connectivity index (χ0v) is 8.37. The van der Waals surface area contributed by atoms with Crippen molar-refractivity contribution in [3.05, 3.63) is 29.8 Å². The second-order valence-electron chi connectivity index (χ2n) is 3.07. The fraction of sp³-hybridized carbons (Fsp3) is 0. The summed E-state index contributed by atoms with van der Waals surface area (Å²) in [5.74, 6) is -2.16. The molecule has 0 bridgehead atoms. The molecular weight excluding hydrogens is 232 g/mol. The lowest BCUT2D eigenvalue weighted by Crippen LogP contribution is -2.26. The van der Waals surface area contributed by atoms with Crippen LogP contribution in [0.4, 0.5) is 14.5 Å². The van der Waals surface area contributed by atoms with E-state index >= 15 is 0 Å². The number of hydrogen-bond donors (Lipinski definition) is 3. The van der Waals surface area contributed by atoms with Crippen molar-refractivity contribution in [2.24, 2.45) is 16.0 Å². The SMILES string of the molecule is N=C1ON=C(N)/C1=N/Nc1c(F)cccc1F. The molecule has 0 aliphatic carbocycles. The Morgan fingerprint density at radius 3 is 2.53 bits per heavy atom. The maximum Gasteiger partial charge on any atom is 0.273 e. The van der Waals surface area contributed by atoms with E-state index in [9.17, 15) is 8.78 Å². The predicted octanol–water partition coefficient (Wildman–Crippen LogP) is 1.01. The van der Waals surface area contributed by atoms with E-state index in [4.69, 9.17) is 11.1 Å². The van der Waals surface area contributed by atoms with Gasteiger partial charge in [0.05, 0.1) is 0 Å². The van der Waals surface area contributed by atoms with Crippen molar-refractivity contribution in [2.75, 3.05) is 5.43 Å². The van der Waals surface area contributed by atoms with Crippen molar-refractivity contribution in [1.29, 1.82) is 5.41 Å². The molecule has 0 atom stereocenters. The first-order valence-corrected chi connectivity index (χ1v) is 4.47. The number of hydrazone groups is 1. The van der Waals surface area contributed by atoms with Gasteiger partial charge in [0.2, 0.25) is 0 Å². The van der Waals surface area contributed by atoms with Crippen LogP contribution in [0.2, 0.25) is 0 Å². The molecule has 1 aromatic carbocycles. The summed E-state index contributed by atoms with van der Waals surface area (Å²) >= 11 is 0. The normalized spacial score (nSPS) is 16.9. The fourth-order valence-corrected chi connectivity index (χ4v) is 1.12. The zero-order chi connectivity index (χ0) is 12.4. The molecule has 1 aliphatic heterocycles. The van der Waals surface area contributed by atoms with Crippen molar-refractivity contribution in [1.82, 2.24) is 0 Å². The van der Waals surface area contributed by atoms with Gasteiger partial charge >= 0.3 is 0 Å². The van der Waals surface area contributed by atoms with E-state index in [-0.39, 0.29) is 11.5 Å². The Bertz CT molecular complexity index is 520. The van der Waals surface area contributed by atoms with E-state index in [1.165, 1.54) is 6.07 Å².